The molecule has 1 heterocycles. The van der Waals surface area contributed by atoms with E-state index in [9.17, 15) is 0 Å². The van der Waals surface area contributed by atoms with Gasteiger partial charge in [0.1, 0.15) is 0 Å². The summed E-state index contributed by atoms with van der Waals surface area (Å²) in [5.41, 5.74) is 0.914. The lowest BCUT2D eigenvalue weighted by Gasteiger charge is -1.95. The SMILES string of the molecule is N=CCc1ncccc1Br. The predicted octanol–water partition coefficient (Wildman–Crippen LogP) is 2.04. The Labute approximate surface area is 67.9 Å². The average molecular weight is 199 g/mol. The van der Waals surface area contributed by atoms with Crippen LogP contribution in [0.2, 0.25) is 0 Å². The van der Waals surface area contributed by atoms with Crippen LogP contribution in [0.4, 0.5) is 0 Å². The molecule has 0 aliphatic heterocycles. The molecule has 0 fully saturated rings. The predicted molar refractivity (Wildman–Crippen MR) is 44.4 cm³/mol. The van der Waals surface area contributed by atoms with E-state index in [0.717, 1.165) is 10.2 Å². The summed E-state index contributed by atoms with van der Waals surface area (Å²) in [4.78, 5) is 4.07. The fraction of sp³-hybridized carbons (Fsp3) is 0.143. The van der Waals surface area contributed by atoms with E-state index in [1.165, 1.54) is 6.21 Å². The third-order valence-electron chi connectivity index (χ3n) is 1.13. The minimum absolute atomic E-state index is 0.599. The van der Waals surface area contributed by atoms with Crippen molar-refractivity contribution in [1.29, 1.82) is 5.41 Å². The van der Waals surface area contributed by atoms with Crippen LogP contribution < -0.4 is 0 Å². The first-order valence-corrected chi connectivity index (χ1v) is 3.72. The minimum atomic E-state index is 0.599. The van der Waals surface area contributed by atoms with E-state index < -0.39 is 0 Å². The largest absolute Gasteiger partial charge is 0.313 e. The molecule has 2 nitrogen and oxygen atoms in total. The van der Waals surface area contributed by atoms with Crippen LogP contribution in [-0.2, 0) is 6.42 Å². The van der Waals surface area contributed by atoms with E-state index in [2.05, 4.69) is 20.9 Å². The minimum Gasteiger partial charge on any atom is -0.313 e. The molecular formula is C7H7BrN2. The normalized spacial score (nSPS) is 9.30. The second-order valence-electron chi connectivity index (χ2n) is 1.84. The van der Waals surface area contributed by atoms with E-state index in [1.807, 2.05) is 12.1 Å². The van der Waals surface area contributed by atoms with Crippen molar-refractivity contribution >= 4 is 22.1 Å². The molecule has 0 amide bonds. The monoisotopic (exact) mass is 198 g/mol. The third kappa shape index (κ3) is 1.64. The van der Waals surface area contributed by atoms with Gasteiger partial charge in [-0.3, -0.25) is 4.98 Å². The average Bonchev–Trinajstić information content (AvgIpc) is 1.94. The van der Waals surface area contributed by atoms with Crippen LogP contribution in [0.3, 0.4) is 0 Å². The van der Waals surface area contributed by atoms with Gasteiger partial charge in [0.15, 0.2) is 0 Å². The highest BCUT2D eigenvalue weighted by Crippen LogP contribution is 2.12. The summed E-state index contributed by atoms with van der Waals surface area (Å²) in [5, 5.41) is 6.85. The Morgan fingerprint density at radius 1 is 1.70 bits per heavy atom. The van der Waals surface area contributed by atoms with Crippen LogP contribution in [0.5, 0.6) is 0 Å². The fourth-order valence-electron chi connectivity index (χ4n) is 0.665. The molecule has 1 aromatic rings. The first-order chi connectivity index (χ1) is 4.84. The number of nitrogens with zero attached hydrogens (tertiary/aromatic N) is 1. The van der Waals surface area contributed by atoms with E-state index in [1.54, 1.807) is 6.20 Å². The van der Waals surface area contributed by atoms with Gasteiger partial charge >= 0.3 is 0 Å². The third-order valence-corrected chi connectivity index (χ3v) is 1.85. The second-order valence-corrected chi connectivity index (χ2v) is 2.69. The van der Waals surface area contributed by atoms with Gasteiger partial charge in [-0.1, -0.05) is 0 Å². The molecule has 0 spiro atoms. The Bertz CT molecular complexity index is 235. The number of aromatic nitrogens is 1. The Kier molecular flexibility index (Phi) is 2.57. The van der Waals surface area contributed by atoms with Crippen molar-refractivity contribution in [1.82, 2.24) is 4.98 Å². The van der Waals surface area contributed by atoms with Crippen molar-refractivity contribution in [2.75, 3.05) is 0 Å². The Balaban J connectivity index is 2.91. The summed E-state index contributed by atoms with van der Waals surface area (Å²) in [6, 6.07) is 3.78. The number of rotatable bonds is 2. The molecule has 0 saturated carbocycles. The molecular weight excluding hydrogens is 192 g/mol. The molecule has 0 aliphatic rings. The van der Waals surface area contributed by atoms with Crippen molar-refractivity contribution < 1.29 is 0 Å². The molecule has 0 aliphatic carbocycles. The van der Waals surface area contributed by atoms with Gasteiger partial charge < -0.3 is 5.41 Å². The van der Waals surface area contributed by atoms with E-state index >= 15 is 0 Å². The van der Waals surface area contributed by atoms with Crippen LogP contribution in [0.15, 0.2) is 22.8 Å². The maximum absolute atomic E-state index is 6.85. The van der Waals surface area contributed by atoms with Gasteiger partial charge in [0.05, 0.1) is 5.69 Å². The Hall–Kier alpha value is -0.700. The van der Waals surface area contributed by atoms with Crippen LogP contribution in [0.25, 0.3) is 0 Å². The van der Waals surface area contributed by atoms with Gasteiger partial charge in [0.25, 0.3) is 0 Å². The van der Waals surface area contributed by atoms with Crippen LogP contribution >= 0.6 is 15.9 Å². The molecule has 0 saturated heterocycles. The molecule has 0 unspecified atom stereocenters. The number of halogens is 1. The maximum Gasteiger partial charge on any atom is 0.0598 e. The second kappa shape index (κ2) is 3.46. The highest BCUT2D eigenvalue weighted by molar-refractivity contribution is 9.10. The fourth-order valence-corrected chi connectivity index (χ4v) is 1.08. The molecule has 1 N–H and O–H groups in total. The van der Waals surface area contributed by atoms with Crippen molar-refractivity contribution in [2.24, 2.45) is 0 Å². The standard InChI is InChI=1S/C7H7BrN2/c8-6-2-1-5-10-7(6)3-4-9/h1-2,4-5,9H,3H2. The number of hydrogen-bond donors (Lipinski definition) is 1. The van der Waals surface area contributed by atoms with Gasteiger partial charge in [0, 0.05) is 23.3 Å². The van der Waals surface area contributed by atoms with Crippen LogP contribution in [-0.4, -0.2) is 11.2 Å². The van der Waals surface area contributed by atoms with Crippen molar-refractivity contribution in [3.8, 4) is 0 Å². The van der Waals surface area contributed by atoms with E-state index in [-0.39, 0.29) is 0 Å². The summed E-state index contributed by atoms with van der Waals surface area (Å²) in [7, 11) is 0. The van der Waals surface area contributed by atoms with Crippen molar-refractivity contribution in [2.45, 2.75) is 6.42 Å². The van der Waals surface area contributed by atoms with Crippen LogP contribution in [0.1, 0.15) is 5.69 Å². The zero-order valence-electron chi connectivity index (χ0n) is 5.34. The number of pyridine rings is 1. The zero-order chi connectivity index (χ0) is 7.40. The first kappa shape index (κ1) is 7.41. The number of hydrogen-bond acceptors (Lipinski definition) is 2. The van der Waals surface area contributed by atoms with Crippen LogP contribution in [0, 0.1) is 5.41 Å². The molecule has 0 atom stereocenters. The molecule has 0 radical (unpaired) electrons. The lowest BCUT2D eigenvalue weighted by Crippen LogP contribution is -1.90. The molecule has 3 heteroatoms. The summed E-state index contributed by atoms with van der Waals surface area (Å²) >= 11 is 3.33. The van der Waals surface area contributed by atoms with Crippen molar-refractivity contribution in [3.05, 3.63) is 28.5 Å². The lowest BCUT2D eigenvalue weighted by molar-refractivity contribution is 1.13. The van der Waals surface area contributed by atoms with E-state index in [0.29, 0.717) is 6.42 Å². The smallest absolute Gasteiger partial charge is 0.0598 e. The molecule has 1 aromatic heterocycles. The summed E-state index contributed by atoms with van der Waals surface area (Å²) in [6.07, 6.45) is 3.66. The quantitative estimate of drug-likeness (QED) is 0.727. The summed E-state index contributed by atoms with van der Waals surface area (Å²) in [5.74, 6) is 0. The topological polar surface area (TPSA) is 36.7 Å². The summed E-state index contributed by atoms with van der Waals surface area (Å²) < 4.78 is 0.971. The molecule has 10 heavy (non-hydrogen) atoms. The first-order valence-electron chi connectivity index (χ1n) is 2.93. The van der Waals surface area contributed by atoms with Gasteiger partial charge in [0.2, 0.25) is 0 Å². The number of nitrogens with one attached hydrogen (secondary N) is 1. The zero-order valence-corrected chi connectivity index (χ0v) is 6.93. The Morgan fingerprint density at radius 2 is 2.50 bits per heavy atom. The molecule has 0 bridgehead atoms. The maximum atomic E-state index is 6.85. The summed E-state index contributed by atoms with van der Waals surface area (Å²) in [6.45, 7) is 0. The van der Waals surface area contributed by atoms with Gasteiger partial charge in [-0.25, -0.2) is 0 Å². The highest BCUT2D eigenvalue weighted by Gasteiger charge is 1.95. The molecule has 0 aromatic carbocycles. The highest BCUT2D eigenvalue weighted by atomic mass is 79.9. The van der Waals surface area contributed by atoms with Gasteiger partial charge in [-0.05, 0) is 28.1 Å². The van der Waals surface area contributed by atoms with Gasteiger partial charge in [-0.2, -0.15) is 0 Å². The van der Waals surface area contributed by atoms with Crippen molar-refractivity contribution in [3.63, 3.8) is 0 Å². The lowest BCUT2D eigenvalue weighted by atomic mass is 10.3. The Morgan fingerprint density at radius 3 is 3.10 bits per heavy atom. The van der Waals surface area contributed by atoms with Gasteiger partial charge in [-0.15, -0.1) is 0 Å². The molecule has 52 valence electrons. The molecule has 1 rings (SSSR count). The van der Waals surface area contributed by atoms with E-state index in [4.69, 9.17) is 5.41 Å².